The number of amides is 2. The molecule has 2 aromatic rings. The van der Waals surface area contributed by atoms with Gasteiger partial charge in [0, 0.05) is 74.4 Å². The van der Waals surface area contributed by atoms with E-state index < -0.39 is 0 Å². The molecule has 4 N–H and O–H groups in total. The maximum atomic E-state index is 12.4. The lowest BCUT2D eigenvalue weighted by molar-refractivity contribution is -0.124. The predicted molar refractivity (Wildman–Crippen MR) is 122 cm³/mol. The minimum absolute atomic E-state index is 0.0490. The summed E-state index contributed by atoms with van der Waals surface area (Å²) in [6, 6.07) is 9.40. The molecule has 1 fully saturated rings. The van der Waals surface area contributed by atoms with E-state index in [4.69, 9.17) is 5.41 Å². The summed E-state index contributed by atoms with van der Waals surface area (Å²) in [6.45, 7) is 2.60. The molecular formula is C23H26N6O2. The quantitative estimate of drug-likeness (QED) is 0.386. The van der Waals surface area contributed by atoms with Crippen LogP contribution in [0.15, 0.2) is 55.0 Å². The van der Waals surface area contributed by atoms with Crippen molar-refractivity contribution in [2.75, 3.05) is 32.0 Å². The van der Waals surface area contributed by atoms with E-state index in [1.54, 1.807) is 37.8 Å². The zero-order valence-corrected chi connectivity index (χ0v) is 17.4. The molecule has 0 spiro atoms. The van der Waals surface area contributed by atoms with E-state index in [9.17, 15) is 9.59 Å². The number of nitrogens with one attached hydrogen (secondary N) is 4. The van der Waals surface area contributed by atoms with Gasteiger partial charge >= 0.3 is 0 Å². The van der Waals surface area contributed by atoms with Gasteiger partial charge in [-0.25, -0.2) is 0 Å². The average Bonchev–Trinajstić information content (AvgIpc) is 2.78. The Kier molecular flexibility index (Phi) is 7.67. The number of piperazine rings is 1. The molecule has 2 amide bonds. The molecular weight excluding hydrogens is 392 g/mol. The number of pyridine rings is 1. The monoisotopic (exact) mass is 418 g/mol. The van der Waals surface area contributed by atoms with Gasteiger partial charge in [-0.1, -0.05) is 12.1 Å². The number of allylic oxidation sites excluding steroid dienone is 1. The molecule has 0 aliphatic carbocycles. The second-order valence-corrected chi connectivity index (χ2v) is 7.08. The summed E-state index contributed by atoms with van der Waals surface area (Å²) in [5.41, 5.74) is 4.00. The summed E-state index contributed by atoms with van der Waals surface area (Å²) in [4.78, 5) is 30.0. The number of benzene rings is 1. The molecule has 8 heteroatoms. The first kappa shape index (κ1) is 21.9. The van der Waals surface area contributed by atoms with E-state index in [-0.39, 0.29) is 11.8 Å². The van der Waals surface area contributed by atoms with Gasteiger partial charge in [-0.05, 0) is 35.4 Å². The number of hydrogen-bond donors (Lipinski definition) is 4. The average molecular weight is 419 g/mol. The van der Waals surface area contributed by atoms with Crippen molar-refractivity contribution in [1.29, 1.82) is 5.41 Å². The van der Waals surface area contributed by atoms with E-state index in [1.807, 2.05) is 24.3 Å². The van der Waals surface area contributed by atoms with Gasteiger partial charge in [0.05, 0.1) is 6.54 Å². The van der Waals surface area contributed by atoms with Crippen LogP contribution in [0.25, 0.3) is 11.6 Å². The summed E-state index contributed by atoms with van der Waals surface area (Å²) in [7, 11) is 1.77. The molecule has 3 rings (SSSR count). The van der Waals surface area contributed by atoms with Gasteiger partial charge in [-0.15, -0.1) is 0 Å². The van der Waals surface area contributed by atoms with Crippen molar-refractivity contribution in [2.45, 2.75) is 6.54 Å². The topological polar surface area (TPSA) is 110 Å². The molecule has 2 heterocycles. The maximum absolute atomic E-state index is 12.4. The molecule has 31 heavy (non-hydrogen) atoms. The van der Waals surface area contributed by atoms with Crippen molar-refractivity contribution < 1.29 is 9.59 Å². The molecule has 8 nitrogen and oxygen atoms in total. The van der Waals surface area contributed by atoms with Gasteiger partial charge in [-0.2, -0.15) is 0 Å². The normalized spacial score (nSPS) is 14.9. The third kappa shape index (κ3) is 6.35. The first-order valence-corrected chi connectivity index (χ1v) is 9.98. The van der Waals surface area contributed by atoms with Gasteiger partial charge in [-0.3, -0.25) is 19.5 Å². The summed E-state index contributed by atoms with van der Waals surface area (Å²) >= 11 is 0. The van der Waals surface area contributed by atoms with Crippen LogP contribution >= 0.6 is 0 Å². The highest BCUT2D eigenvalue weighted by atomic mass is 16.2. The second-order valence-electron chi connectivity index (χ2n) is 7.08. The molecule has 1 saturated heterocycles. The number of nitrogens with zero attached hydrogens (tertiary/aromatic N) is 2. The standard InChI is InChI=1S/C23H26N6O2/c1-25-13-19(12-24)21-8-9-26-14-18(21)4-7-22(30)28-20-5-2-17(3-6-20)15-29-11-10-27-23(31)16-29/h2-9,12-14,24-25H,10-11,15-16H2,1H3,(H,27,31)(H,28,30)/b7-4+,19-13+,24-12?. The van der Waals surface area contributed by atoms with E-state index in [2.05, 4.69) is 25.8 Å². The molecule has 0 atom stereocenters. The van der Waals surface area contributed by atoms with Gasteiger partial charge < -0.3 is 21.4 Å². The molecule has 1 aromatic carbocycles. The fourth-order valence-electron chi connectivity index (χ4n) is 3.28. The number of carbonyl (C=O) groups is 2. The lowest BCUT2D eigenvalue weighted by Gasteiger charge is -2.26. The van der Waals surface area contributed by atoms with E-state index in [0.717, 1.165) is 23.2 Å². The van der Waals surface area contributed by atoms with E-state index in [0.29, 0.717) is 30.9 Å². The molecule has 1 aromatic heterocycles. The van der Waals surface area contributed by atoms with Crippen LogP contribution in [-0.4, -0.2) is 54.6 Å². The Hall–Kier alpha value is -3.78. The van der Waals surface area contributed by atoms with Crippen LogP contribution in [0, 0.1) is 5.41 Å². The van der Waals surface area contributed by atoms with Crippen molar-refractivity contribution in [1.82, 2.24) is 20.5 Å². The Balaban J connectivity index is 1.61. The van der Waals surface area contributed by atoms with E-state index in [1.165, 1.54) is 12.3 Å². The number of hydrogen-bond acceptors (Lipinski definition) is 6. The minimum atomic E-state index is -0.260. The highest BCUT2D eigenvalue weighted by Gasteiger charge is 2.15. The molecule has 0 radical (unpaired) electrons. The Bertz CT molecular complexity index is 997. The van der Waals surface area contributed by atoms with Gasteiger partial charge in [0.25, 0.3) is 0 Å². The number of carbonyl (C=O) groups excluding carboxylic acids is 2. The highest BCUT2D eigenvalue weighted by molar-refractivity contribution is 6.10. The Morgan fingerprint density at radius 1 is 1.29 bits per heavy atom. The minimum Gasteiger partial charge on any atom is -0.393 e. The van der Waals surface area contributed by atoms with Crippen molar-refractivity contribution in [3.8, 4) is 0 Å². The molecule has 1 aliphatic heterocycles. The number of rotatable bonds is 8. The SMILES string of the molecule is CN/C=C(\C=N)c1ccncc1/C=C/C(=O)Nc1ccc(CN2CCNC(=O)C2)cc1. The fourth-order valence-corrected chi connectivity index (χ4v) is 3.28. The Morgan fingerprint density at radius 3 is 2.81 bits per heavy atom. The van der Waals surface area contributed by atoms with Gasteiger partial charge in [0.1, 0.15) is 0 Å². The van der Waals surface area contributed by atoms with Crippen molar-refractivity contribution in [2.24, 2.45) is 0 Å². The third-order valence-electron chi connectivity index (χ3n) is 4.78. The zero-order chi connectivity index (χ0) is 22.1. The number of anilines is 1. The van der Waals surface area contributed by atoms with Gasteiger partial charge in [0.15, 0.2) is 0 Å². The van der Waals surface area contributed by atoms with Crippen LogP contribution in [0.1, 0.15) is 16.7 Å². The van der Waals surface area contributed by atoms with Crippen molar-refractivity contribution in [3.05, 3.63) is 71.7 Å². The summed E-state index contributed by atoms with van der Waals surface area (Å²) in [5, 5.41) is 16.2. The number of aromatic nitrogens is 1. The first-order chi connectivity index (χ1) is 15.1. The summed E-state index contributed by atoms with van der Waals surface area (Å²) in [6.07, 6.45) is 9.40. The molecule has 1 aliphatic rings. The van der Waals surface area contributed by atoms with Crippen LogP contribution in [0.3, 0.4) is 0 Å². The molecule has 0 unspecified atom stereocenters. The largest absolute Gasteiger partial charge is 0.393 e. The van der Waals surface area contributed by atoms with Crippen LogP contribution in [0.4, 0.5) is 5.69 Å². The first-order valence-electron chi connectivity index (χ1n) is 9.98. The van der Waals surface area contributed by atoms with Crippen LogP contribution < -0.4 is 16.0 Å². The zero-order valence-electron chi connectivity index (χ0n) is 17.4. The molecule has 0 bridgehead atoms. The third-order valence-corrected chi connectivity index (χ3v) is 4.78. The Labute approximate surface area is 181 Å². The summed E-state index contributed by atoms with van der Waals surface area (Å²) < 4.78 is 0. The fraction of sp³-hybridized carbons (Fsp3) is 0.217. The lowest BCUT2D eigenvalue weighted by Crippen LogP contribution is -2.47. The lowest BCUT2D eigenvalue weighted by atomic mass is 10.0. The van der Waals surface area contributed by atoms with Gasteiger partial charge in [0.2, 0.25) is 11.8 Å². The second kappa shape index (κ2) is 10.8. The van der Waals surface area contributed by atoms with Crippen molar-refractivity contribution in [3.63, 3.8) is 0 Å². The summed E-state index contributed by atoms with van der Waals surface area (Å²) in [5.74, 6) is -0.211. The highest BCUT2D eigenvalue weighted by Crippen LogP contribution is 2.18. The van der Waals surface area contributed by atoms with Crippen molar-refractivity contribution >= 4 is 35.4 Å². The van der Waals surface area contributed by atoms with Crippen LogP contribution in [0.5, 0.6) is 0 Å². The smallest absolute Gasteiger partial charge is 0.248 e. The van der Waals surface area contributed by atoms with Crippen LogP contribution in [-0.2, 0) is 16.1 Å². The molecule has 160 valence electrons. The van der Waals surface area contributed by atoms with E-state index >= 15 is 0 Å². The maximum Gasteiger partial charge on any atom is 0.248 e. The van der Waals surface area contributed by atoms with Crippen LogP contribution in [0.2, 0.25) is 0 Å². The Morgan fingerprint density at radius 2 is 2.10 bits per heavy atom. The predicted octanol–water partition coefficient (Wildman–Crippen LogP) is 1.88. The molecule has 0 saturated carbocycles.